The van der Waals surface area contributed by atoms with Gasteiger partial charge in [-0.2, -0.15) is 0 Å². The van der Waals surface area contributed by atoms with Crippen molar-refractivity contribution in [3.8, 4) is 11.5 Å². The lowest BCUT2D eigenvalue weighted by Gasteiger charge is -2.35. The van der Waals surface area contributed by atoms with Gasteiger partial charge in [-0.15, -0.1) is 11.3 Å². The quantitative estimate of drug-likeness (QED) is 0.211. The first-order chi connectivity index (χ1) is 22.4. The van der Waals surface area contributed by atoms with Crippen LogP contribution in [0.1, 0.15) is 23.0 Å². The predicted octanol–water partition coefficient (Wildman–Crippen LogP) is 5.16. The Morgan fingerprint density at radius 1 is 1.13 bits per heavy atom. The molecule has 0 aliphatic carbocycles. The van der Waals surface area contributed by atoms with E-state index in [0.29, 0.717) is 53.1 Å². The number of ether oxygens (including phenoxy) is 2. The standard InChI is InChI=1S/C32H35FN8O4S/c1-4-31(42)38-24-16-25(28(43-3)17-27(24)40-9-7-39(2)8-10-40)37-29-18-30(36-20-35-29)41-26(5-11-45-41)21-13-22(33)15-23(14-21)44-19-32-34-6-12-46-32/h4,6,12-18,20,26H,1,5,7-11,19H2,2-3H3,(H,38,42)(H,35,36,37). The fraction of sp³-hybridized carbons (Fsp3) is 0.312. The molecule has 0 radical (unpaired) electrons. The number of nitrogens with one attached hydrogen (secondary N) is 2. The van der Waals surface area contributed by atoms with E-state index in [2.05, 4.69) is 49.0 Å². The largest absolute Gasteiger partial charge is 0.494 e. The van der Waals surface area contributed by atoms with Gasteiger partial charge < -0.3 is 29.9 Å². The molecule has 6 rings (SSSR count). The van der Waals surface area contributed by atoms with Gasteiger partial charge in [-0.05, 0) is 36.9 Å². The van der Waals surface area contributed by atoms with Crippen molar-refractivity contribution in [3.63, 3.8) is 0 Å². The molecule has 240 valence electrons. The van der Waals surface area contributed by atoms with Crippen molar-refractivity contribution in [2.24, 2.45) is 0 Å². The second-order valence-corrected chi connectivity index (χ2v) is 11.8. The van der Waals surface area contributed by atoms with Crippen LogP contribution in [0, 0.1) is 5.82 Å². The first kappa shape index (κ1) is 31.2. The summed E-state index contributed by atoms with van der Waals surface area (Å²) < 4.78 is 26.3. The number of carbonyl (C=O) groups is 1. The lowest BCUT2D eigenvalue weighted by Crippen LogP contribution is -2.44. The Kier molecular flexibility index (Phi) is 9.57. The molecular formula is C32H35FN8O4S. The van der Waals surface area contributed by atoms with E-state index in [9.17, 15) is 9.18 Å². The molecule has 1 unspecified atom stereocenters. The van der Waals surface area contributed by atoms with E-state index in [0.717, 1.165) is 36.9 Å². The van der Waals surface area contributed by atoms with Gasteiger partial charge in [0.2, 0.25) is 5.91 Å². The number of likely N-dealkylation sites (N-methyl/N-ethyl adjacent to an activating group) is 1. The van der Waals surface area contributed by atoms with Crippen LogP contribution in [0.5, 0.6) is 11.5 Å². The first-order valence-corrected chi connectivity index (χ1v) is 15.7. The van der Waals surface area contributed by atoms with Crippen molar-refractivity contribution >= 4 is 45.9 Å². The third kappa shape index (κ3) is 7.19. The highest BCUT2D eigenvalue weighted by Gasteiger charge is 2.30. The van der Waals surface area contributed by atoms with Gasteiger partial charge in [-0.3, -0.25) is 9.63 Å². The zero-order valence-electron chi connectivity index (χ0n) is 25.6. The molecule has 0 bridgehead atoms. The van der Waals surface area contributed by atoms with Crippen LogP contribution in [0.4, 0.5) is 33.1 Å². The number of thiazole rings is 1. The van der Waals surface area contributed by atoms with E-state index < -0.39 is 5.82 Å². The molecule has 0 saturated carbocycles. The lowest BCUT2D eigenvalue weighted by molar-refractivity contribution is -0.111. The number of anilines is 5. The topological polar surface area (TPSA) is 117 Å². The zero-order valence-corrected chi connectivity index (χ0v) is 26.4. The number of halogens is 1. The Hall–Kier alpha value is -4.79. The molecule has 2 N–H and O–H groups in total. The Morgan fingerprint density at radius 3 is 2.74 bits per heavy atom. The molecule has 2 aliphatic rings. The molecule has 46 heavy (non-hydrogen) atoms. The molecular weight excluding hydrogens is 611 g/mol. The number of aromatic nitrogens is 3. The summed E-state index contributed by atoms with van der Waals surface area (Å²) in [6.07, 6.45) is 4.99. The zero-order chi connectivity index (χ0) is 32.0. The number of benzene rings is 2. The summed E-state index contributed by atoms with van der Waals surface area (Å²) in [5.41, 5.74) is 2.76. The molecule has 1 amide bonds. The average Bonchev–Trinajstić information content (AvgIpc) is 3.77. The van der Waals surface area contributed by atoms with Gasteiger partial charge in [0, 0.05) is 62.4 Å². The summed E-state index contributed by atoms with van der Waals surface area (Å²) in [4.78, 5) is 35.9. The number of carbonyl (C=O) groups excluding carboxylic acids is 1. The molecule has 4 aromatic rings. The summed E-state index contributed by atoms with van der Waals surface area (Å²) in [6, 6.07) is 9.82. The highest BCUT2D eigenvalue weighted by molar-refractivity contribution is 7.09. The van der Waals surface area contributed by atoms with Crippen molar-refractivity contribution in [2.75, 3.05) is 67.5 Å². The van der Waals surface area contributed by atoms with Gasteiger partial charge in [-0.25, -0.2) is 24.4 Å². The maximum atomic E-state index is 14.7. The second-order valence-electron chi connectivity index (χ2n) is 10.8. The predicted molar refractivity (Wildman–Crippen MR) is 175 cm³/mol. The van der Waals surface area contributed by atoms with Crippen LogP contribution >= 0.6 is 11.3 Å². The number of hydrogen-bond acceptors (Lipinski definition) is 12. The van der Waals surface area contributed by atoms with Gasteiger partial charge in [0.15, 0.2) is 5.82 Å². The summed E-state index contributed by atoms with van der Waals surface area (Å²) in [5, 5.41) is 10.6. The van der Waals surface area contributed by atoms with Crippen molar-refractivity contribution < 1.29 is 23.5 Å². The second kappa shape index (κ2) is 14.1. The van der Waals surface area contributed by atoms with Crippen LogP contribution in [0.3, 0.4) is 0 Å². The van der Waals surface area contributed by atoms with Gasteiger partial charge in [-0.1, -0.05) is 6.58 Å². The Balaban J connectivity index is 1.24. The minimum absolute atomic E-state index is 0.255. The Morgan fingerprint density at radius 2 is 1.98 bits per heavy atom. The molecule has 4 heterocycles. The molecule has 2 saturated heterocycles. The number of hydroxylamine groups is 1. The highest BCUT2D eigenvalue weighted by atomic mass is 32.1. The van der Waals surface area contributed by atoms with Crippen molar-refractivity contribution in [2.45, 2.75) is 19.1 Å². The number of hydrogen-bond donors (Lipinski definition) is 2. The number of nitrogens with zero attached hydrogens (tertiary/aromatic N) is 6. The molecule has 1 atom stereocenters. The minimum Gasteiger partial charge on any atom is -0.494 e. The number of rotatable bonds is 11. The molecule has 2 aliphatic heterocycles. The van der Waals surface area contributed by atoms with Gasteiger partial charge in [0.1, 0.15) is 41.1 Å². The van der Waals surface area contributed by atoms with E-state index in [1.165, 1.54) is 35.9 Å². The number of amides is 1. The van der Waals surface area contributed by atoms with Crippen LogP contribution in [-0.2, 0) is 16.2 Å². The monoisotopic (exact) mass is 646 g/mol. The summed E-state index contributed by atoms with van der Waals surface area (Å²) >= 11 is 1.48. The smallest absolute Gasteiger partial charge is 0.247 e. The average molecular weight is 647 g/mol. The first-order valence-electron chi connectivity index (χ1n) is 14.8. The molecule has 14 heteroatoms. The van der Waals surface area contributed by atoms with E-state index in [1.807, 2.05) is 23.6 Å². The summed E-state index contributed by atoms with van der Waals surface area (Å²) in [7, 11) is 3.68. The summed E-state index contributed by atoms with van der Waals surface area (Å²) in [5.74, 6) is 1.22. The van der Waals surface area contributed by atoms with E-state index in [-0.39, 0.29) is 18.6 Å². The molecule has 12 nitrogen and oxygen atoms in total. The maximum Gasteiger partial charge on any atom is 0.247 e. The van der Waals surface area contributed by atoms with Gasteiger partial charge in [0.25, 0.3) is 0 Å². The van der Waals surface area contributed by atoms with Crippen molar-refractivity contribution in [1.29, 1.82) is 0 Å². The third-order valence-corrected chi connectivity index (χ3v) is 8.53. The van der Waals surface area contributed by atoms with Gasteiger partial charge in [0.05, 0.1) is 36.8 Å². The normalized spacial score (nSPS) is 16.7. The van der Waals surface area contributed by atoms with Crippen LogP contribution in [0.2, 0.25) is 0 Å². The van der Waals surface area contributed by atoms with Crippen LogP contribution in [-0.4, -0.2) is 72.7 Å². The van der Waals surface area contributed by atoms with Crippen LogP contribution in [0.15, 0.2) is 67.0 Å². The molecule has 2 aromatic heterocycles. The van der Waals surface area contributed by atoms with Crippen LogP contribution in [0.25, 0.3) is 0 Å². The number of piperazine rings is 1. The van der Waals surface area contributed by atoms with E-state index in [4.69, 9.17) is 14.3 Å². The maximum absolute atomic E-state index is 14.7. The van der Waals surface area contributed by atoms with E-state index >= 15 is 0 Å². The molecule has 2 fully saturated rings. The SMILES string of the molecule is C=CC(=O)Nc1cc(Nc2cc(N3OCCC3c3cc(F)cc(OCc4nccs4)c3)ncn2)c(OC)cc1N1CCN(C)CC1. The lowest BCUT2D eigenvalue weighted by atomic mass is 10.0. The van der Waals surface area contributed by atoms with E-state index in [1.54, 1.807) is 24.4 Å². The molecule has 2 aromatic carbocycles. The van der Waals surface area contributed by atoms with Gasteiger partial charge >= 0.3 is 0 Å². The van der Waals surface area contributed by atoms with Crippen LogP contribution < -0.4 is 30.1 Å². The molecule has 0 spiro atoms. The third-order valence-electron chi connectivity index (χ3n) is 7.78. The van der Waals surface area contributed by atoms with Crippen molar-refractivity contribution in [1.82, 2.24) is 19.9 Å². The number of methoxy groups -OCH3 is 1. The fourth-order valence-corrected chi connectivity index (χ4v) is 5.96. The summed E-state index contributed by atoms with van der Waals surface area (Å²) in [6.45, 7) is 7.70. The van der Waals surface area contributed by atoms with Crippen molar-refractivity contribution in [3.05, 3.63) is 83.3 Å². The Labute approximate surface area is 270 Å². The minimum atomic E-state index is -0.407. The fourth-order valence-electron chi connectivity index (χ4n) is 5.43. The Bertz CT molecular complexity index is 1680. The highest BCUT2D eigenvalue weighted by Crippen LogP contribution is 2.40.